The monoisotopic (exact) mass is 264 g/mol. The molecule has 0 heterocycles. The largest absolute Gasteiger partial charge is 0.371 e. The highest BCUT2D eigenvalue weighted by molar-refractivity contribution is 5.88. The molecular formula is C15H21FN2O. The van der Waals surface area contributed by atoms with Crippen molar-refractivity contribution in [1.82, 2.24) is 0 Å². The summed E-state index contributed by atoms with van der Waals surface area (Å²) in [5, 5.41) is 3.25. The number of rotatable bonds is 3. The van der Waals surface area contributed by atoms with Gasteiger partial charge in [-0.15, -0.1) is 0 Å². The molecule has 104 valence electrons. The third-order valence-electron chi connectivity index (χ3n) is 4.28. The quantitative estimate of drug-likeness (QED) is 0.882. The second-order valence-electron chi connectivity index (χ2n) is 5.75. The molecule has 1 fully saturated rings. The van der Waals surface area contributed by atoms with E-state index in [0.717, 1.165) is 24.9 Å². The highest BCUT2D eigenvalue weighted by atomic mass is 19.1. The molecule has 1 aliphatic rings. The smallest absolute Gasteiger partial charge is 0.243 e. The van der Waals surface area contributed by atoms with Crippen LogP contribution in [0.3, 0.4) is 0 Å². The summed E-state index contributed by atoms with van der Waals surface area (Å²) in [5.41, 5.74) is 5.66. The molecule has 4 heteroatoms. The van der Waals surface area contributed by atoms with Crippen molar-refractivity contribution in [2.45, 2.75) is 38.6 Å². The fourth-order valence-electron chi connectivity index (χ4n) is 3.05. The van der Waals surface area contributed by atoms with Gasteiger partial charge in [-0.25, -0.2) is 4.39 Å². The second-order valence-corrected chi connectivity index (χ2v) is 5.75. The minimum atomic E-state index is -0.718. The Labute approximate surface area is 113 Å². The van der Waals surface area contributed by atoms with E-state index in [1.807, 2.05) is 0 Å². The van der Waals surface area contributed by atoms with Crippen LogP contribution in [0.5, 0.6) is 0 Å². The Hall–Kier alpha value is -1.58. The Morgan fingerprint density at radius 1 is 1.37 bits per heavy atom. The van der Waals surface area contributed by atoms with Gasteiger partial charge in [0.1, 0.15) is 11.4 Å². The summed E-state index contributed by atoms with van der Waals surface area (Å²) in [5.74, 6) is 0.163. The van der Waals surface area contributed by atoms with Crippen molar-refractivity contribution in [3.8, 4) is 0 Å². The zero-order valence-electron chi connectivity index (χ0n) is 11.4. The van der Waals surface area contributed by atoms with E-state index in [0.29, 0.717) is 5.92 Å². The maximum Gasteiger partial charge on any atom is 0.243 e. The first-order valence-corrected chi connectivity index (χ1v) is 6.77. The maximum absolute atomic E-state index is 12.9. The first kappa shape index (κ1) is 13.8. The molecule has 1 aliphatic carbocycles. The lowest BCUT2D eigenvalue weighted by atomic mass is 9.69. The Balaban J connectivity index is 2.25. The summed E-state index contributed by atoms with van der Waals surface area (Å²) in [6, 6.07) is 6.05. The van der Waals surface area contributed by atoms with Crippen LogP contribution in [0.1, 0.15) is 33.1 Å². The molecule has 0 saturated heterocycles. The number of hydrogen-bond acceptors (Lipinski definition) is 2. The van der Waals surface area contributed by atoms with Gasteiger partial charge >= 0.3 is 0 Å². The summed E-state index contributed by atoms with van der Waals surface area (Å²) in [7, 11) is 0. The molecule has 0 bridgehead atoms. The third-order valence-corrected chi connectivity index (χ3v) is 4.28. The second kappa shape index (κ2) is 5.19. The average molecular weight is 264 g/mol. The molecule has 3 N–H and O–H groups in total. The van der Waals surface area contributed by atoms with Crippen molar-refractivity contribution in [2.75, 3.05) is 5.32 Å². The number of benzene rings is 1. The van der Waals surface area contributed by atoms with E-state index in [9.17, 15) is 9.18 Å². The van der Waals surface area contributed by atoms with E-state index in [2.05, 4.69) is 19.2 Å². The van der Waals surface area contributed by atoms with E-state index < -0.39 is 5.54 Å². The first-order chi connectivity index (χ1) is 8.94. The molecule has 0 radical (unpaired) electrons. The topological polar surface area (TPSA) is 55.1 Å². The molecule has 3 nitrogen and oxygen atoms in total. The minimum Gasteiger partial charge on any atom is -0.371 e. The SMILES string of the molecule is CC1CCC(Nc2ccc(F)cc2)(C(N)=O)C(C)C1. The van der Waals surface area contributed by atoms with Crippen molar-refractivity contribution >= 4 is 11.6 Å². The lowest BCUT2D eigenvalue weighted by Crippen LogP contribution is -2.57. The van der Waals surface area contributed by atoms with Crippen LogP contribution in [-0.2, 0) is 4.79 Å². The summed E-state index contributed by atoms with van der Waals surface area (Å²) in [4.78, 5) is 12.0. The minimum absolute atomic E-state index is 0.166. The molecule has 3 atom stereocenters. The third kappa shape index (κ3) is 2.72. The molecule has 2 rings (SSSR count). The number of amides is 1. The van der Waals surface area contributed by atoms with Crippen LogP contribution in [-0.4, -0.2) is 11.4 Å². The van der Waals surface area contributed by atoms with Gasteiger partial charge in [-0.1, -0.05) is 13.8 Å². The lowest BCUT2D eigenvalue weighted by Gasteiger charge is -2.43. The number of nitrogens with two attached hydrogens (primary N) is 1. The standard InChI is InChI=1S/C15H21FN2O/c1-10-7-8-15(14(17)19,11(2)9-10)18-13-5-3-12(16)4-6-13/h3-6,10-11,18H,7-9H2,1-2H3,(H2,17,19). The first-order valence-electron chi connectivity index (χ1n) is 6.77. The zero-order valence-corrected chi connectivity index (χ0v) is 11.4. The van der Waals surface area contributed by atoms with Gasteiger partial charge in [0, 0.05) is 5.69 Å². The predicted octanol–water partition coefficient (Wildman–Crippen LogP) is 2.92. The van der Waals surface area contributed by atoms with Crippen molar-refractivity contribution < 1.29 is 9.18 Å². The zero-order chi connectivity index (χ0) is 14.0. The lowest BCUT2D eigenvalue weighted by molar-refractivity contribution is -0.125. The van der Waals surface area contributed by atoms with Crippen molar-refractivity contribution in [2.24, 2.45) is 17.6 Å². The number of anilines is 1. The van der Waals surface area contributed by atoms with Gasteiger partial charge in [-0.2, -0.15) is 0 Å². The number of carbonyl (C=O) groups is 1. The van der Waals surface area contributed by atoms with Crippen LogP contribution in [0, 0.1) is 17.7 Å². The fourth-order valence-corrected chi connectivity index (χ4v) is 3.05. The molecule has 1 aromatic carbocycles. The molecule has 19 heavy (non-hydrogen) atoms. The van der Waals surface area contributed by atoms with E-state index in [1.165, 1.54) is 12.1 Å². The van der Waals surface area contributed by atoms with Crippen LogP contribution in [0.15, 0.2) is 24.3 Å². The van der Waals surface area contributed by atoms with Crippen LogP contribution >= 0.6 is 0 Å². The van der Waals surface area contributed by atoms with Gasteiger partial charge in [-0.05, 0) is 55.4 Å². The van der Waals surface area contributed by atoms with Gasteiger partial charge in [0.15, 0.2) is 0 Å². The van der Waals surface area contributed by atoms with Gasteiger partial charge in [0.2, 0.25) is 5.91 Å². The molecular weight excluding hydrogens is 243 g/mol. The van der Waals surface area contributed by atoms with Crippen molar-refractivity contribution in [3.05, 3.63) is 30.1 Å². The highest BCUT2D eigenvalue weighted by Gasteiger charge is 2.45. The van der Waals surface area contributed by atoms with Crippen LogP contribution < -0.4 is 11.1 Å². The Kier molecular flexibility index (Phi) is 3.78. The Bertz CT molecular complexity index is 460. The van der Waals surface area contributed by atoms with E-state index in [1.54, 1.807) is 12.1 Å². The highest BCUT2D eigenvalue weighted by Crippen LogP contribution is 2.39. The van der Waals surface area contributed by atoms with E-state index in [4.69, 9.17) is 5.73 Å². The summed E-state index contributed by atoms with van der Waals surface area (Å²) >= 11 is 0. The van der Waals surface area contributed by atoms with Crippen LogP contribution in [0.25, 0.3) is 0 Å². The molecule has 0 aliphatic heterocycles. The molecule has 1 saturated carbocycles. The fraction of sp³-hybridized carbons (Fsp3) is 0.533. The van der Waals surface area contributed by atoms with Gasteiger partial charge in [0.05, 0.1) is 0 Å². The van der Waals surface area contributed by atoms with Crippen molar-refractivity contribution in [1.29, 1.82) is 0 Å². The average Bonchev–Trinajstić information content (AvgIpc) is 2.35. The summed E-state index contributed by atoms with van der Waals surface area (Å²) in [6.45, 7) is 4.25. The molecule has 0 aromatic heterocycles. The van der Waals surface area contributed by atoms with E-state index in [-0.39, 0.29) is 17.6 Å². The normalized spacial score (nSPS) is 30.9. The summed E-state index contributed by atoms with van der Waals surface area (Å²) in [6.07, 6.45) is 2.67. The Morgan fingerprint density at radius 2 is 2.00 bits per heavy atom. The van der Waals surface area contributed by atoms with Crippen LogP contribution in [0.4, 0.5) is 10.1 Å². The molecule has 0 spiro atoms. The van der Waals surface area contributed by atoms with E-state index >= 15 is 0 Å². The van der Waals surface area contributed by atoms with Gasteiger partial charge in [0.25, 0.3) is 0 Å². The Morgan fingerprint density at radius 3 is 2.53 bits per heavy atom. The summed E-state index contributed by atoms with van der Waals surface area (Å²) < 4.78 is 12.9. The number of halogens is 1. The van der Waals surface area contributed by atoms with Crippen molar-refractivity contribution in [3.63, 3.8) is 0 Å². The van der Waals surface area contributed by atoms with Crippen LogP contribution in [0.2, 0.25) is 0 Å². The number of nitrogens with one attached hydrogen (secondary N) is 1. The number of carbonyl (C=O) groups excluding carboxylic acids is 1. The number of hydrogen-bond donors (Lipinski definition) is 2. The molecule has 1 aromatic rings. The maximum atomic E-state index is 12.9. The van der Waals surface area contributed by atoms with Gasteiger partial charge in [-0.3, -0.25) is 4.79 Å². The molecule has 3 unspecified atom stereocenters. The molecule has 1 amide bonds. The van der Waals surface area contributed by atoms with Gasteiger partial charge < -0.3 is 11.1 Å². The predicted molar refractivity (Wildman–Crippen MR) is 74.1 cm³/mol. The number of primary amides is 1.